The molecule has 0 bridgehead atoms. The van der Waals surface area contributed by atoms with Crippen LogP contribution in [0.15, 0.2) is 41.6 Å². The number of aryl methyl sites for hydroxylation is 1. The zero-order chi connectivity index (χ0) is 13.2. The molecule has 0 radical (unpaired) electrons. The summed E-state index contributed by atoms with van der Waals surface area (Å²) in [6.45, 7) is 2.22. The van der Waals surface area contributed by atoms with Gasteiger partial charge in [0.25, 0.3) is 0 Å². The molecule has 0 aliphatic heterocycles. The van der Waals surface area contributed by atoms with E-state index in [2.05, 4.69) is 10.2 Å². The molecule has 1 heterocycles. The lowest BCUT2D eigenvalue weighted by Gasteiger charge is -2.16. The molecular weight excluding hydrogens is 250 g/mol. The minimum absolute atomic E-state index is 0.298. The lowest BCUT2D eigenvalue weighted by Crippen LogP contribution is -2.26. The number of hydrogen-bond acceptors (Lipinski definition) is 3. The van der Waals surface area contributed by atoms with Gasteiger partial charge in [-0.15, -0.1) is 0 Å². The van der Waals surface area contributed by atoms with E-state index in [0.717, 1.165) is 11.1 Å². The van der Waals surface area contributed by atoms with Crippen LogP contribution in [0.5, 0.6) is 0 Å². The summed E-state index contributed by atoms with van der Waals surface area (Å²) < 4.78 is 25.8. The van der Waals surface area contributed by atoms with Crippen molar-refractivity contribution in [3.63, 3.8) is 0 Å². The predicted octanol–water partition coefficient (Wildman–Crippen LogP) is 1.54. The van der Waals surface area contributed by atoms with E-state index in [9.17, 15) is 8.42 Å². The second-order valence-corrected chi connectivity index (χ2v) is 6.23. The van der Waals surface area contributed by atoms with Crippen LogP contribution in [0.1, 0.15) is 11.1 Å². The molecule has 0 saturated heterocycles. The van der Waals surface area contributed by atoms with Crippen LogP contribution >= 0.6 is 0 Å². The van der Waals surface area contributed by atoms with Crippen LogP contribution in [0, 0.1) is 6.92 Å². The molecule has 96 valence electrons. The Balaban J connectivity index is 2.22. The second-order valence-electron chi connectivity index (χ2n) is 4.18. The molecule has 2 aromatic rings. The van der Waals surface area contributed by atoms with Crippen LogP contribution in [0.4, 0.5) is 0 Å². The molecule has 6 heteroatoms. The van der Waals surface area contributed by atoms with Gasteiger partial charge in [0.15, 0.2) is 0 Å². The Kier molecular flexibility index (Phi) is 3.49. The predicted molar refractivity (Wildman–Crippen MR) is 68.4 cm³/mol. The summed E-state index contributed by atoms with van der Waals surface area (Å²) in [6, 6.07) is 6.82. The molecule has 0 fully saturated rings. The van der Waals surface area contributed by atoms with Gasteiger partial charge >= 0.3 is 0 Å². The van der Waals surface area contributed by atoms with E-state index in [1.54, 1.807) is 43.7 Å². The Morgan fingerprint density at radius 3 is 2.50 bits per heavy atom. The number of H-pyrrole nitrogens is 1. The molecular formula is C12H15N3O2S. The lowest BCUT2D eigenvalue weighted by atomic mass is 10.2. The minimum atomic E-state index is -3.44. The van der Waals surface area contributed by atoms with E-state index < -0.39 is 10.0 Å². The van der Waals surface area contributed by atoms with Crippen molar-refractivity contribution in [2.45, 2.75) is 18.4 Å². The summed E-state index contributed by atoms with van der Waals surface area (Å²) in [6.07, 6.45) is 3.29. The van der Waals surface area contributed by atoms with E-state index in [4.69, 9.17) is 0 Å². The maximum atomic E-state index is 12.3. The highest BCUT2D eigenvalue weighted by molar-refractivity contribution is 7.89. The fourth-order valence-corrected chi connectivity index (χ4v) is 2.76. The fourth-order valence-electron chi connectivity index (χ4n) is 1.60. The first-order valence-electron chi connectivity index (χ1n) is 5.51. The SMILES string of the molecule is Cc1ccc(S(=O)(=O)N(C)Cc2cn[nH]c2)cc1. The summed E-state index contributed by atoms with van der Waals surface area (Å²) >= 11 is 0. The molecule has 1 aromatic heterocycles. The lowest BCUT2D eigenvalue weighted by molar-refractivity contribution is 0.467. The summed E-state index contributed by atoms with van der Waals surface area (Å²) in [5.41, 5.74) is 1.86. The van der Waals surface area contributed by atoms with Crippen LogP contribution in [0.25, 0.3) is 0 Å². The monoisotopic (exact) mass is 265 g/mol. The number of nitrogens with one attached hydrogen (secondary N) is 1. The Labute approximate surface area is 107 Å². The first-order valence-corrected chi connectivity index (χ1v) is 6.95. The van der Waals surface area contributed by atoms with Crippen molar-refractivity contribution in [2.75, 3.05) is 7.05 Å². The van der Waals surface area contributed by atoms with E-state index >= 15 is 0 Å². The molecule has 0 unspecified atom stereocenters. The molecule has 5 nitrogen and oxygen atoms in total. The van der Waals surface area contributed by atoms with Crippen molar-refractivity contribution < 1.29 is 8.42 Å². The highest BCUT2D eigenvalue weighted by atomic mass is 32.2. The Hall–Kier alpha value is -1.66. The zero-order valence-corrected chi connectivity index (χ0v) is 11.1. The first-order chi connectivity index (χ1) is 8.50. The van der Waals surface area contributed by atoms with E-state index in [0.29, 0.717) is 11.4 Å². The summed E-state index contributed by atoms with van der Waals surface area (Å²) in [5.74, 6) is 0. The van der Waals surface area contributed by atoms with Crippen LogP contribution in [-0.4, -0.2) is 30.0 Å². The van der Waals surface area contributed by atoms with Gasteiger partial charge in [-0.3, -0.25) is 5.10 Å². The number of aromatic amines is 1. The standard InChI is InChI=1S/C12H15N3O2S/c1-10-3-5-12(6-4-10)18(16,17)15(2)9-11-7-13-14-8-11/h3-8H,9H2,1-2H3,(H,13,14). The van der Waals surface area contributed by atoms with Gasteiger partial charge in [-0.05, 0) is 19.1 Å². The van der Waals surface area contributed by atoms with Crippen molar-refractivity contribution in [2.24, 2.45) is 0 Å². The topological polar surface area (TPSA) is 66.1 Å². The maximum Gasteiger partial charge on any atom is 0.243 e. The fraction of sp³-hybridized carbons (Fsp3) is 0.250. The maximum absolute atomic E-state index is 12.3. The first kappa shape index (κ1) is 12.8. The van der Waals surface area contributed by atoms with Crippen LogP contribution in [0.3, 0.4) is 0 Å². The zero-order valence-electron chi connectivity index (χ0n) is 10.3. The number of benzene rings is 1. The largest absolute Gasteiger partial charge is 0.285 e. The van der Waals surface area contributed by atoms with Gasteiger partial charge in [0.05, 0.1) is 11.1 Å². The van der Waals surface area contributed by atoms with Crippen molar-refractivity contribution >= 4 is 10.0 Å². The summed E-state index contributed by atoms with van der Waals surface area (Å²) in [5, 5.41) is 6.46. The van der Waals surface area contributed by atoms with Crippen LogP contribution in [-0.2, 0) is 16.6 Å². The molecule has 0 aliphatic rings. The van der Waals surface area contributed by atoms with Crippen molar-refractivity contribution in [1.82, 2.24) is 14.5 Å². The van der Waals surface area contributed by atoms with Gasteiger partial charge in [-0.1, -0.05) is 17.7 Å². The van der Waals surface area contributed by atoms with Gasteiger partial charge in [0.2, 0.25) is 10.0 Å². The molecule has 0 saturated carbocycles. The second kappa shape index (κ2) is 4.91. The summed E-state index contributed by atoms with van der Waals surface area (Å²) in [7, 11) is -1.88. The third kappa shape index (κ3) is 2.60. The number of sulfonamides is 1. The van der Waals surface area contributed by atoms with Gasteiger partial charge in [-0.2, -0.15) is 9.40 Å². The van der Waals surface area contributed by atoms with Crippen LogP contribution < -0.4 is 0 Å². The van der Waals surface area contributed by atoms with Gasteiger partial charge in [-0.25, -0.2) is 8.42 Å². The Morgan fingerprint density at radius 2 is 1.94 bits per heavy atom. The van der Waals surface area contributed by atoms with E-state index in [-0.39, 0.29) is 0 Å². The van der Waals surface area contributed by atoms with Crippen molar-refractivity contribution in [3.05, 3.63) is 47.8 Å². The number of aromatic nitrogens is 2. The number of rotatable bonds is 4. The number of nitrogens with zero attached hydrogens (tertiary/aromatic N) is 2. The molecule has 0 amide bonds. The molecule has 0 atom stereocenters. The normalized spacial score (nSPS) is 11.9. The minimum Gasteiger partial charge on any atom is -0.285 e. The Morgan fingerprint density at radius 1 is 1.28 bits per heavy atom. The average Bonchev–Trinajstić information content (AvgIpc) is 2.82. The highest BCUT2D eigenvalue weighted by Gasteiger charge is 2.20. The van der Waals surface area contributed by atoms with E-state index in [1.807, 2.05) is 6.92 Å². The van der Waals surface area contributed by atoms with Crippen molar-refractivity contribution in [3.8, 4) is 0 Å². The van der Waals surface area contributed by atoms with Gasteiger partial charge in [0, 0.05) is 25.4 Å². The summed E-state index contributed by atoms with van der Waals surface area (Å²) in [4.78, 5) is 0.305. The van der Waals surface area contributed by atoms with Crippen molar-refractivity contribution in [1.29, 1.82) is 0 Å². The van der Waals surface area contributed by atoms with Crippen LogP contribution in [0.2, 0.25) is 0 Å². The smallest absolute Gasteiger partial charge is 0.243 e. The Bertz CT molecular complexity index is 603. The van der Waals surface area contributed by atoms with Gasteiger partial charge < -0.3 is 0 Å². The van der Waals surface area contributed by atoms with E-state index in [1.165, 1.54) is 4.31 Å². The quantitative estimate of drug-likeness (QED) is 0.912. The van der Waals surface area contributed by atoms with Gasteiger partial charge in [0.1, 0.15) is 0 Å². The molecule has 0 aliphatic carbocycles. The molecule has 0 spiro atoms. The molecule has 2 rings (SSSR count). The third-order valence-electron chi connectivity index (χ3n) is 2.69. The third-order valence-corrected chi connectivity index (χ3v) is 4.51. The number of hydrogen-bond donors (Lipinski definition) is 1. The highest BCUT2D eigenvalue weighted by Crippen LogP contribution is 2.16. The molecule has 1 aromatic carbocycles. The molecule has 1 N–H and O–H groups in total. The average molecular weight is 265 g/mol. The molecule has 18 heavy (non-hydrogen) atoms.